The number of nitrogens with zero attached hydrogens (tertiary/aromatic N) is 2. The molecule has 6 nitrogen and oxygen atoms in total. The maximum atomic E-state index is 13.7. The van der Waals surface area contributed by atoms with Crippen molar-refractivity contribution in [3.05, 3.63) is 71.6 Å². The standard InChI is InChI=1S/C19H16F2N4O2/c1-11-9-16(18(26)23-14-8-7-12(20)10-13(14)21)25-19(22-11)24-15-5-3-4-6-17(15)27-2/h3-10H,1-2H3,(H,23,26)(H,22,24,25). The van der Waals surface area contributed by atoms with Gasteiger partial charge in [0.2, 0.25) is 5.95 Å². The number of hydrogen-bond acceptors (Lipinski definition) is 5. The number of carbonyl (C=O) groups is 1. The molecule has 0 bridgehead atoms. The fourth-order valence-electron chi connectivity index (χ4n) is 2.39. The number of benzene rings is 2. The fraction of sp³-hybridized carbons (Fsp3) is 0.105. The van der Waals surface area contributed by atoms with Gasteiger partial charge in [0.05, 0.1) is 18.5 Å². The van der Waals surface area contributed by atoms with Crippen LogP contribution in [0.1, 0.15) is 16.2 Å². The first-order chi connectivity index (χ1) is 13.0. The van der Waals surface area contributed by atoms with Crippen molar-refractivity contribution in [1.29, 1.82) is 0 Å². The van der Waals surface area contributed by atoms with E-state index in [1.54, 1.807) is 19.1 Å². The largest absolute Gasteiger partial charge is 0.495 e. The number of anilines is 3. The molecule has 0 saturated carbocycles. The molecule has 27 heavy (non-hydrogen) atoms. The van der Waals surface area contributed by atoms with Gasteiger partial charge in [0.1, 0.15) is 23.1 Å². The minimum atomic E-state index is -0.874. The highest BCUT2D eigenvalue weighted by molar-refractivity contribution is 6.03. The quantitative estimate of drug-likeness (QED) is 0.708. The fourth-order valence-corrected chi connectivity index (χ4v) is 2.39. The first-order valence-electron chi connectivity index (χ1n) is 7.98. The molecule has 3 rings (SSSR count). The zero-order valence-corrected chi connectivity index (χ0v) is 14.6. The maximum absolute atomic E-state index is 13.7. The Bertz CT molecular complexity index is 995. The van der Waals surface area contributed by atoms with Crippen molar-refractivity contribution in [2.45, 2.75) is 6.92 Å². The van der Waals surface area contributed by atoms with Crippen molar-refractivity contribution in [1.82, 2.24) is 9.97 Å². The first-order valence-corrected chi connectivity index (χ1v) is 7.98. The van der Waals surface area contributed by atoms with Gasteiger partial charge in [-0.1, -0.05) is 12.1 Å². The molecular formula is C19H16F2N4O2. The summed E-state index contributed by atoms with van der Waals surface area (Å²) >= 11 is 0. The van der Waals surface area contributed by atoms with Crippen molar-refractivity contribution < 1.29 is 18.3 Å². The average molecular weight is 370 g/mol. The molecule has 1 amide bonds. The lowest BCUT2D eigenvalue weighted by Gasteiger charge is -2.11. The second kappa shape index (κ2) is 7.77. The SMILES string of the molecule is COc1ccccc1Nc1nc(C)cc(C(=O)Nc2ccc(F)cc2F)n1. The van der Waals surface area contributed by atoms with Gasteiger partial charge in [-0.05, 0) is 37.3 Å². The first kappa shape index (κ1) is 18.2. The summed E-state index contributed by atoms with van der Waals surface area (Å²) in [6.45, 7) is 1.70. The minimum absolute atomic E-state index is 0.0311. The van der Waals surface area contributed by atoms with Crippen LogP contribution in [0.2, 0.25) is 0 Å². The van der Waals surface area contributed by atoms with E-state index >= 15 is 0 Å². The number of carbonyl (C=O) groups excluding carboxylic acids is 1. The number of halogens is 2. The monoisotopic (exact) mass is 370 g/mol. The van der Waals surface area contributed by atoms with Gasteiger partial charge in [0, 0.05) is 11.8 Å². The van der Waals surface area contributed by atoms with E-state index in [9.17, 15) is 13.6 Å². The van der Waals surface area contributed by atoms with Crippen LogP contribution >= 0.6 is 0 Å². The van der Waals surface area contributed by atoms with Crippen LogP contribution in [0.15, 0.2) is 48.5 Å². The summed E-state index contributed by atoms with van der Waals surface area (Å²) in [5.41, 5.74) is 1.05. The van der Waals surface area contributed by atoms with Crippen molar-refractivity contribution >= 4 is 23.2 Å². The summed E-state index contributed by atoms with van der Waals surface area (Å²) in [5, 5.41) is 5.36. The summed E-state index contributed by atoms with van der Waals surface area (Å²) in [6.07, 6.45) is 0. The smallest absolute Gasteiger partial charge is 0.274 e. The van der Waals surface area contributed by atoms with Crippen molar-refractivity contribution in [2.24, 2.45) is 0 Å². The highest BCUT2D eigenvalue weighted by Crippen LogP contribution is 2.25. The number of amides is 1. The molecule has 1 aromatic heterocycles. The molecule has 3 aromatic rings. The average Bonchev–Trinajstić information content (AvgIpc) is 2.64. The molecule has 0 aliphatic carbocycles. The van der Waals surface area contributed by atoms with E-state index in [1.165, 1.54) is 13.2 Å². The summed E-state index contributed by atoms with van der Waals surface area (Å²) in [6, 6.07) is 11.5. The Morgan fingerprint density at radius 1 is 1.04 bits per heavy atom. The molecule has 0 saturated heterocycles. The van der Waals surface area contributed by atoms with Crippen LogP contribution in [-0.2, 0) is 0 Å². The maximum Gasteiger partial charge on any atom is 0.274 e. The minimum Gasteiger partial charge on any atom is -0.495 e. The highest BCUT2D eigenvalue weighted by atomic mass is 19.1. The van der Waals surface area contributed by atoms with Gasteiger partial charge < -0.3 is 15.4 Å². The molecule has 0 atom stereocenters. The van der Waals surface area contributed by atoms with Gasteiger partial charge in [-0.15, -0.1) is 0 Å². The van der Waals surface area contributed by atoms with Crippen LogP contribution in [0.4, 0.5) is 26.1 Å². The Kier molecular flexibility index (Phi) is 5.25. The zero-order chi connectivity index (χ0) is 19.4. The predicted octanol–water partition coefficient (Wildman–Crippen LogP) is 4.07. The molecule has 2 N–H and O–H groups in total. The van der Waals surface area contributed by atoms with Gasteiger partial charge in [-0.2, -0.15) is 0 Å². The van der Waals surface area contributed by atoms with Crippen LogP contribution in [0.5, 0.6) is 5.75 Å². The summed E-state index contributed by atoms with van der Waals surface area (Å²) in [7, 11) is 1.54. The normalized spacial score (nSPS) is 10.4. The number of hydrogen-bond donors (Lipinski definition) is 2. The molecule has 0 radical (unpaired) electrons. The lowest BCUT2D eigenvalue weighted by Crippen LogP contribution is -2.16. The molecule has 0 fully saturated rings. The molecule has 0 aliphatic rings. The van der Waals surface area contributed by atoms with Crippen molar-refractivity contribution in [3.63, 3.8) is 0 Å². The number of para-hydroxylation sites is 2. The Morgan fingerprint density at radius 3 is 2.56 bits per heavy atom. The van der Waals surface area contributed by atoms with Gasteiger partial charge in [-0.3, -0.25) is 4.79 Å². The Balaban J connectivity index is 1.85. The number of rotatable bonds is 5. The number of ether oxygens (including phenoxy) is 1. The summed E-state index contributed by atoms with van der Waals surface area (Å²) < 4.78 is 32.0. The Labute approximate surface area is 154 Å². The van der Waals surface area contributed by atoms with Gasteiger partial charge in [-0.25, -0.2) is 18.7 Å². The number of aryl methyl sites for hydroxylation is 1. The van der Waals surface area contributed by atoms with Crippen LogP contribution < -0.4 is 15.4 Å². The molecular weight excluding hydrogens is 354 g/mol. The number of nitrogens with one attached hydrogen (secondary N) is 2. The Hall–Kier alpha value is -3.55. The Morgan fingerprint density at radius 2 is 1.81 bits per heavy atom. The predicted molar refractivity (Wildman–Crippen MR) is 97.4 cm³/mol. The van der Waals surface area contributed by atoms with Crippen molar-refractivity contribution in [2.75, 3.05) is 17.7 Å². The van der Waals surface area contributed by atoms with Crippen LogP contribution in [0.3, 0.4) is 0 Å². The van der Waals surface area contributed by atoms with Gasteiger partial charge >= 0.3 is 0 Å². The van der Waals surface area contributed by atoms with E-state index in [4.69, 9.17) is 4.74 Å². The van der Waals surface area contributed by atoms with Gasteiger partial charge in [0.25, 0.3) is 5.91 Å². The van der Waals surface area contributed by atoms with Crippen LogP contribution in [0.25, 0.3) is 0 Å². The topological polar surface area (TPSA) is 76.1 Å². The molecule has 2 aromatic carbocycles. The lowest BCUT2D eigenvalue weighted by atomic mass is 10.2. The van der Waals surface area contributed by atoms with Crippen LogP contribution in [0, 0.1) is 18.6 Å². The molecule has 1 heterocycles. The van der Waals surface area contributed by atoms with E-state index in [2.05, 4.69) is 20.6 Å². The molecule has 0 unspecified atom stereocenters. The van der Waals surface area contributed by atoms with E-state index in [1.807, 2.05) is 12.1 Å². The molecule has 8 heteroatoms. The third kappa shape index (κ3) is 4.35. The summed E-state index contributed by atoms with van der Waals surface area (Å²) in [5.74, 6) is -1.48. The molecule has 138 valence electrons. The molecule has 0 spiro atoms. The summed E-state index contributed by atoms with van der Waals surface area (Å²) in [4.78, 5) is 20.8. The second-order valence-electron chi connectivity index (χ2n) is 5.62. The lowest BCUT2D eigenvalue weighted by molar-refractivity contribution is 0.102. The van der Waals surface area contributed by atoms with E-state index < -0.39 is 17.5 Å². The van der Waals surface area contributed by atoms with Crippen molar-refractivity contribution in [3.8, 4) is 5.75 Å². The third-order valence-corrected chi connectivity index (χ3v) is 3.62. The zero-order valence-electron chi connectivity index (χ0n) is 14.6. The second-order valence-corrected chi connectivity index (χ2v) is 5.62. The van der Waals surface area contributed by atoms with Gasteiger partial charge in [0.15, 0.2) is 0 Å². The van der Waals surface area contributed by atoms with E-state index in [0.717, 1.165) is 12.1 Å². The van der Waals surface area contributed by atoms with E-state index in [0.29, 0.717) is 23.2 Å². The van der Waals surface area contributed by atoms with Crippen LogP contribution in [-0.4, -0.2) is 23.0 Å². The number of aromatic nitrogens is 2. The number of methoxy groups -OCH3 is 1. The highest BCUT2D eigenvalue weighted by Gasteiger charge is 2.14. The van der Waals surface area contributed by atoms with E-state index in [-0.39, 0.29) is 17.3 Å². The third-order valence-electron chi connectivity index (χ3n) is 3.62. The molecule has 0 aliphatic heterocycles.